The van der Waals surface area contributed by atoms with E-state index in [-0.39, 0.29) is 18.0 Å². The van der Waals surface area contributed by atoms with E-state index in [0.29, 0.717) is 6.61 Å². The lowest BCUT2D eigenvalue weighted by molar-refractivity contribution is -0.0621. The van der Waals surface area contributed by atoms with Crippen molar-refractivity contribution in [2.75, 3.05) is 33.3 Å². The molecular weight excluding hydrogens is 231 g/mol. The minimum Gasteiger partial charge on any atom is -0.374 e. The van der Waals surface area contributed by atoms with Gasteiger partial charge < -0.3 is 10.1 Å². The Bertz CT molecular complexity index is 386. The van der Waals surface area contributed by atoms with Crippen LogP contribution in [-0.4, -0.2) is 44.3 Å². The largest absolute Gasteiger partial charge is 0.374 e. The van der Waals surface area contributed by atoms with Gasteiger partial charge in [0.1, 0.15) is 5.82 Å². The summed E-state index contributed by atoms with van der Waals surface area (Å²) in [6.07, 6.45) is 0.000556. The van der Waals surface area contributed by atoms with E-state index >= 15 is 0 Å². The first-order valence-corrected chi connectivity index (χ1v) is 6.51. The van der Waals surface area contributed by atoms with Crippen LogP contribution in [0.5, 0.6) is 0 Å². The zero-order valence-electron chi connectivity index (χ0n) is 11.0. The van der Waals surface area contributed by atoms with Gasteiger partial charge in [0.2, 0.25) is 0 Å². The molecule has 0 spiro atoms. The minimum atomic E-state index is -0.152. The first kappa shape index (κ1) is 13.5. The summed E-state index contributed by atoms with van der Waals surface area (Å²) in [7, 11) is 2.03. The number of hydrogen-bond acceptors (Lipinski definition) is 3. The zero-order valence-corrected chi connectivity index (χ0v) is 11.0. The Morgan fingerprint density at radius 3 is 2.94 bits per heavy atom. The van der Waals surface area contributed by atoms with E-state index < -0.39 is 0 Å². The standard InChI is InChI=1S/C14H21FN2O/c1-3-16-10-13-14(17(2)8-9-18-13)11-6-4-5-7-12(11)15/h4-7,13-14,16H,3,8-10H2,1-2H3. The lowest BCUT2D eigenvalue weighted by Gasteiger charge is -2.39. The van der Waals surface area contributed by atoms with E-state index in [4.69, 9.17) is 4.74 Å². The molecule has 1 N–H and O–H groups in total. The summed E-state index contributed by atoms with van der Waals surface area (Å²) in [5.74, 6) is -0.152. The highest BCUT2D eigenvalue weighted by molar-refractivity contribution is 5.23. The van der Waals surface area contributed by atoms with Crippen molar-refractivity contribution in [3.63, 3.8) is 0 Å². The van der Waals surface area contributed by atoms with Crippen LogP contribution < -0.4 is 5.32 Å². The summed E-state index contributed by atoms with van der Waals surface area (Å²) in [5.41, 5.74) is 0.725. The Kier molecular flexibility index (Phi) is 4.69. The normalized spacial score (nSPS) is 25.3. The number of nitrogens with zero attached hydrogens (tertiary/aromatic N) is 1. The van der Waals surface area contributed by atoms with E-state index in [1.54, 1.807) is 6.07 Å². The summed E-state index contributed by atoms with van der Waals surface area (Å²) in [4.78, 5) is 2.17. The van der Waals surface area contributed by atoms with E-state index in [9.17, 15) is 4.39 Å². The average molecular weight is 252 g/mol. The van der Waals surface area contributed by atoms with Gasteiger partial charge in [0.05, 0.1) is 18.8 Å². The molecule has 2 rings (SSSR count). The molecule has 3 nitrogen and oxygen atoms in total. The number of likely N-dealkylation sites (N-methyl/N-ethyl adjacent to an activating group) is 2. The van der Waals surface area contributed by atoms with Crippen molar-refractivity contribution in [1.29, 1.82) is 0 Å². The lowest BCUT2D eigenvalue weighted by atomic mass is 9.98. The summed E-state index contributed by atoms with van der Waals surface area (Å²) < 4.78 is 19.7. The fourth-order valence-electron chi connectivity index (χ4n) is 2.47. The predicted molar refractivity (Wildman–Crippen MR) is 70.1 cm³/mol. The van der Waals surface area contributed by atoms with Crippen molar-refractivity contribution >= 4 is 0 Å². The molecule has 4 heteroatoms. The van der Waals surface area contributed by atoms with Gasteiger partial charge in [0.25, 0.3) is 0 Å². The van der Waals surface area contributed by atoms with Gasteiger partial charge in [-0.1, -0.05) is 25.1 Å². The van der Waals surface area contributed by atoms with Gasteiger partial charge in [-0.15, -0.1) is 0 Å². The Morgan fingerprint density at radius 1 is 1.44 bits per heavy atom. The number of benzene rings is 1. The number of ether oxygens (including phenoxy) is 1. The lowest BCUT2D eigenvalue weighted by Crippen LogP contribution is -2.47. The van der Waals surface area contributed by atoms with Gasteiger partial charge in [0, 0.05) is 18.7 Å². The maximum atomic E-state index is 13.9. The van der Waals surface area contributed by atoms with Crippen LogP contribution in [-0.2, 0) is 4.74 Å². The van der Waals surface area contributed by atoms with Gasteiger partial charge >= 0.3 is 0 Å². The minimum absolute atomic E-state index is 0.000556. The molecule has 2 unspecified atom stereocenters. The van der Waals surface area contributed by atoms with Crippen LogP contribution in [0.15, 0.2) is 24.3 Å². The number of nitrogens with one attached hydrogen (secondary N) is 1. The quantitative estimate of drug-likeness (QED) is 0.884. The predicted octanol–water partition coefficient (Wildman–Crippen LogP) is 1.81. The Morgan fingerprint density at radius 2 is 2.22 bits per heavy atom. The molecule has 18 heavy (non-hydrogen) atoms. The third-order valence-corrected chi connectivity index (χ3v) is 3.42. The number of morpholine rings is 1. The Labute approximate surface area is 108 Å². The molecule has 1 aliphatic rings. The smallest absolute Gasteiger partial charge is 0.128 e. The van der Waals surface area contributed by atoms with Crippen LogP contribution in [0.25, 0.3) is 0 Å². The zero-order chi connectivity index (χ0) is 13.0. The maximum absolute atomic E-state index is 13.9. The van der Waals surface area contributed by atoms with Gasteiger partial charge in [0.15, 0.2) is 0 Å². The second-order valence-corrected chi connectivity index (χ2v) is 4.66. The highest BCUT2D eigenvalue weighted by Crippen LogP contribution is 2.29. The molecule has 0 aromatic heterocycles. The SMILES string of the molecule is CCNCC1OCCN(C)C1c1ccccc1F. The number of hydrogen-bond donors (Lipinski definition) is 1. The van der Waals surface area contributed by atoms with Crippen molar-refractivity contribution in [1.82, 2.24) is 10.2 Å². The third-order valence-electron chi connectivity index (χ3n) is 3.42. The van der Waals surface area contributed by atoms with Crippen LogP contribution >= 0.6 is 0 Å². The molecule has 0 amide bonds. The molecule has 0 saturated carbocycles. The fourth-order valence-corrected chi connectivity index (χ4v) is 2.47. The molecule has 1 fully saturated rings. The van der Waals surface area contributed by atoms with Gasteiger partial charge in [-0.25, -0.2) is 4.39 Å². The molecule has 1 aromatic rings. The van der Waals surface area contributed by atoms with Crippen molar-refractivity contribution in [3.05, 3.63) is 35.6 Å². The molecule has 100 valence electrons. The Balaban J connectivity index is 2.21. The first-order valence-electron chi connectivity index (χ1n) is 6.51. The summed E-state index contributed by atoms with van der Waals surface area (Å²) in [6.45, 7) is 5.25. The average Bonchev–Trinajstić information content (AvgIpc) is 2.38. The van der Waals surface area contributed by atoms with Crippen molar-refractivity contribution < 1.29 is 9.13 Å². The van der Waals surface area contributed by atoms with Crippen molar-refractivity contribution in [2.45, 2.75) is 19.1 Å². The van der Waals surface area contributed by atoms with E-state index in [0.717, 1.165) is 25.2 Å². The molecule has 1 saturated heterocycles. The molecule has 1 aliphatic heterocycles. The monoisotopic (exact) mass is 252 g/mol. The third kappa shape index (κ3) is 2.88. The Hall–Kier alpha value is -0.970. The summed E-state index contributed by atoms with van der Waals surface area (Å²) in [5, 5.41) is 3.28. The number of halogens is 1. The van der Waals surface area contributed by atoms with E-state index in [1.165, 1.54) is 6.07 Å². The van der Waals surface area contributed by atoms with Crippen LogP contribution in [0.4, 0.5) is 4.39 Å². The summed E-state index contributed by atoms with van der Waals surface area (Å²) >= 11 is 0. The first-order chi connectivity index (χ1) is 8.74. The van der Waals surface area contributed by atoms with Crippen LogP contribution in [0.1, 0.15) is 18.5 Å². The molecule has 1 aromatic carbocycles. The van der Waals surface area contributed by atoms with Crippen LogP contribution in [0, 0.1) is 5.82 Å². The van der Waals surface area contributed by atoms with Crippen molar-refractivity contribution in [2.24, 2.45) is 0 Å². The van der Waals surface area contributed by atoms with Gasteiger partial charge in [-0.05, 0) is 19.7 Å². The molecule has 0 bridgehead atoms. The molecule has 0 aliphatic carbocycles. The molecule has 0 radical (unpaired) electrons. The highest BCUT2D eigenvalue weighted by atomic mass is 19.1. The highest BCUT2D eigenvalue weighted by Gasteiger charge is 2.32. The molecule has 1 heterocycles. The molecular formula is C14H21FN2O. The second-order valence-electron chi connectivity index (χ2n) is 4.66. The van der Waals surface area contributed by atoms with E-state index in [1.807, 2.05) is 19.2 Å². The maximum Gasteiger partial charge on any atom is 0.128 e. The van der Waals surface area contributed by atoms with E-state index in [2.05, 4.69) is 17.1 Å². The van der Waals surface area contributed by atoms with Gasteiger partial charge in [-0.2, -0.15) is 0 Å². The fraction of sp³-hybridized carbons (Fsp3) is 0.571. The second kappa shape index (κ2) is 6.27. The van der Waals surface area contributed by atoms with Crippen LogP contribution in [0.2, 0.25) is 0 Å². The topological polar surface area (TPSA) is 24.5 Å². The van der Waals surface area contributed by atoms with Crippen LogP contribution in [0.3, 0.4) is 0 Å². The van der Waals surface area contributed by atoms with Crippen molar-refractivity contribution in [3.8, 4) is 0 Å². The van der Waals surface area contributed by atoms with Gasteiger partial charge in [-0.3, -0.25) is 4.90 Å². The summed E-state index contributed by atoms with van der Waals surface area (Å²) in [6, 6.07) is 6.96. The number of rotatable bonds is 4. The molecule has 2 atom stereocenters.